The third-order valence-electron chi connectivity index (χ3n) is 11.9. The van der Waals surface area contributed by atoms with Gasteiger partial charge in [0, 0.05) is 54.3 Å². The molecule has 13 aromatic rings. The molecule has 0 saturated heterocycles. The van der Waals surface area contributed by atoms with Gasteiger partial charge < -0.3 is 8.98 Å². The Morgan fingerprint density at radius 2 is 0.842 bits per heavy atom. The molecule has 0 aliphatic heterocycles. The van der Waals surface area contributed by atoms with E-state index in [0.29, 0.717) is 0 Å². The van der Waals surface area contributed by atoms with Gasteiger partial charge in [-0.15, -0.1) is 0 Å². The second kappa shape index (κ2) is 11.4. The Labute approximate surface area is 325 Å². The highest BCUT2D eigenvalue weighted by atomic mass is 16.3. The largest absolute Gasteiger partial charge is 0.456 e. The van der Waals surface area contributed by atoms with Gasteiger partial charge >= 0.3 is 0 Å². The lowest BCUT2D eigenvalue weighted by Crippen LogP contribution is -2.04. The SMILES string of the molecule is c1ccc(-n2c3ccccc3c3cc4c(cc32)c2ccccc2n4-c2nc3c4ccccc4c4ccccc4c3nc2-c2ccc3c(c2)oc2ccccc23)cc1. The number of hydrogen-bond donors (Lipinski definition) is 0. The van der Waals surface area contributed by atoms with Crippen molar-refractivity contribution in [1.29, 1.82) is 0 Å². The zero-order valence-electron chi connectivity index (χ0n) is 30.5. The Kier molecular flexibility index (Phi) is 6.10. The normalized spacial score (nSPS) is 12.2. The van der Waals surface area contributed by atoms with Crippen molar-refractivity contribution in [2.24, 2.45) is 0 Å². The topological polar surface area (TPSA) is 48.8 Å². The van der Waals surface area contributed by atoms with Crippen LogP contribution in [0.2, 0.25) is 0 Å². The van der Waals surface area contributed by atoms with E-state index in [0.717, 1.165) is 105 Å². The number of para-hydroxylation sites is 4. The molecule has 0 aliphatic rings. The van der Waals surface area contributed by atoms with Crippen LogP contribution in [0.25, 0.3) is 121 Å². The highest BCUT2D eigenvalue weighted by Gasteiger charge is 2.24. The predicted molar refractivity (Wildman–Crippen MR) is 236 cm³/mol. The van der Waals surface area contributed by atoms with E-state index >= 15 is 0 Å². The zero-order valence-corrected chi connectivity index (χ0v) is 30.5. The molecule has 0 fully saturated rings. The molecule has 9 aromatic carbocycles. The molecule has 5 nitrogen and oxygen atoms in total. The first-order chi connectivity index (χ1) is 28.3. The molecule has 57 heavy (non-hydrogen) atoms. The molecule has 5 heteroatoms. The van der Waals surface area contributed by atoms with Crippen LogP contribution in [0.5, 0.6) is 0 Å². The van der Waals surface area contributed by atoms with Crippen molar-refractivity contribution in [3.8, 4) is 22.8 Å². The first-order valence-corrected chi connectivity index (χ1v) is 19.3. The average molecular weight is 727 g/mol. The van der Waals surface area contributed by atoms with Crippen LogP contribution < -0.4 is 0 Å². The number of nitrogens with zero attached hydrogens (tertiary/aromatic N) is 4. The molecule has 4 aromatic heterocycles. The molecule has 13 rings (SSSR count). The molecule has 0 atom stereocenters. The van der Waals surface area contributed by atoms with Crippen LogP contribution in [-0.2, 0) is 0 Å². The Morgan fingerprint density at radius 3 is 1.53 bits per heavy atom. The summed E-state index contributed by atoms with van der Waals surface area (Å²) in [5.41, 5.74) is 10.8. The highest BCUT2D eigenvalue weighted by molar-refractivity contribution is 6.24. The minimum Gasteiger partial charge on any atom is -0.456 e. The maximum absolute atomic E-state index is 6.47. The lowest BCUT2D eigenvalue weighted by atomic mass is 9.99. The average Bonchev–Trinajstić information content (AvgIpc) is 3.92. The second-order valence-corrected chi connectivity index (χ2v) is 14.9. The van der Waals surface area contributed by atoms with Gasteiger partial charge in [0.25, 0.3) is 0 Å². The van der Waals surface area contributed by atoms with Crippen molar-refractivity contribution < 1.29 is 4.42 Å². The number of hydrogen-bond acceptors (Lipinski definition) is 3. The van der Waals surface area contributed by atoms with Crippen molar-refractivity contribution in [2.75, 3.05) is 0 Å². The van der Waals surface area contributed by atoms with E-state index in [1.807, 2.05) is 12.1 Å². The van der Waals surface area contributed by atoms with Crippen LogP contribution in [0.3, 0.4) is 0 Å². The minimum atomic E-state index is 0.774. The first-order valence-electron chi connectivity index (χ1n) is 19.3. The summed E-state index contributed by atoms with van der Waals surface area (Å²) >= 11 is 0. The third kappa shape index (κ3) is 4.23. The van der Waals surface area contributed by atoms with Gasteiger partial charge in [-0.05, 0) is 65.4 Å². The molecule has 264 valence electrons. The smallest absolute Gasteiger partial charge is 0.165 e. The van der Waals surface area contributed by atoms with Crippen LogP contribution in [0, 0.1) is 0 Å². The van der Waals surface area contributed by atoms with Crippen LogP contribution in [-0.4, -0.2) is 19.1 Å². The quantitative estimate of drug-likeness (QED) is 0.170. The number of furan rings is 1. The van der Waals surface area contributed by atoms with Crippen LogP contribution in [0.15, 0.2) is 186 Å². The van der Waals surface area contributed by atoms with Gasteiger partial charge in [0.15, 0.2) is 5.82 Å². The Balaban J connectivity index is 1.20. The monoisotopic (exact) mass is 726 g/mol. The maximum atomic E-state index is 6.47. The van der Waals surface area contributed by atoms with Crippen molar-refractivity contribution in [3.63, 3.8) is 0 Å². The predicted octanol–water partition coefficient (Wildman–Crippen LogP) is 13.7. The molecule has 0 amide bonds. The van der Waals surface area contributed by atoms with Gasteiger partial charge in [-0.1, -0.05) is 127 Å². The summed E-state index contributed by atoms with van der Waals surface area (Å²) in [6, 6.07) is 64.6. The van der Waals surface area contributed by atoms with Crippen molar-refractivity contribution >= 4 is 98.1 Å². The first kappa shape index (κ1) is 30.6. The van der Waals surface area contributed by atoms with Crippen LogP contribution in [0.4, 0.5) is 0 Å². The molecule has 0 radical (unpaired) electrons. The lowest BCUT2D eigenvalue weighted by molar-refractivity contribution is 0.669. The minimum absolute atomic E-state index is 0.774. The summed E-state index contributed by atoms with van der Waals surface area (Å²) in [5.74, 6) is 0.774. The second-order valence-electron chi connectivity index (χ2n) is 14.9. The van der Waals surface area contributed by atoms with Gasteiger partial charge in [0.05, 0.1) is 33.1 Å². The molecule has 4 heterocycles. The van der Waals surface area contributed by atoms with Crippen molar-refractivity contribution in [2.45, 2.75) is 0 Å². The number of benzene rings is 9. The fraction of sp³-hybridized carbons (Fsp3) is 0. The number of aromatic nitrogens is 4. The van der Waals surface area contributed by atoms with Crippen LogP contribution in [0.1, 0.15) is 0 Å². The summed E-state index contributed by atoms with van der Waals surface area (Å²) in [7, 11) is 0. The Hall–Kier alpha value is -7.76. The molecule has 0 N–H and O–H groups in total. The number of rotatable bonds is 3. The molecule has 0 bridgehead atoms. The van der Waals surface area contributed by atoms with Gasteiger partial charge in [-0.3, -0.25) is 4.57 Å². The van der Waals surface area contributed by atoms with Crippen molar-refractivity contribution in [3.05, 3.63) is 182 Å². The third-order valence-corrected chi connectivity index (χ3v) is 11.9. The van der Waals surface area contributed by atoms with E-state index < -0.39 is 0 Å². The zero-order chi connectivity index (χ0) is 37.2. The standard InChI is InChI=1S/C52H30N4O/c1-2-14-32(15-3-1)55-43-23-11-8-18-35(43)41-30-46-42(29-45(41)55)36-19-9-12-24-44(36)56(46)52-49(31-26-27-38-37-20-10-13-25-47(37)57-48(38)28-31)53-50-39-21-6-4-16-33(39)34-17-5-7-22-40(34)51(50)54-52/h1-30H. The lowest BCUT2D eigenvalue weighted by Gasteiger charge is -2.16. The molecule has 0 spiro atoms. The van der Waals surface area contributed by atoms with Crippen molar-refractivity contribution in [1.82, 2.24) is 19.1 Å². The van der Waals surface area contributed by atoms with Gasteiger partial charge in [-0.2, -0.15) is 0 Å². The number of fused-ring (bicyclic) bond motifs is 15. The fourth-order valence-electron chi connectivity index (χ4n) is 9.39. The van der Waals surface area contributed by atoms with Crippen LogP contribution >= 0.6 is 0 Å². The summed E-state index contributed by atoms with van der Waals surface area (Å²) < 4.78 is 11.2. The van der Waals surface area contributed by atoms with E-state index in [9.17, 15) is 0 Å². The van der Waals surface area contributed by atoms with E-state index in [2.05, 4.69) is 179 Å². The van der Waals surface area contributed by atoms with E-state index in [1.54, 1.807) is 0 Å². The summed E-state index contributed by atoms with van der Waals surface area (Å²) in [4.78, 5) is 11.4. The molecular formula is C52H30N4O. The van der Waals surface area contributed by atoms with E-state index in [4.69, 9.17) is 14.4 Å². The molecule has 0 aliphatic carbocycles. The highest BCUT2D eigenvalue weighted by Crippen LogP contribution is 2.43. The van der Waals surface area contributed by atoms with Gasteiger partial charge in [-0.25, -0.2) is 9.97 Å². The van der Waals surface area contributed by atoms with Gasteiger partial charge in [0.1, 0.15) is 16.9 Å². The van der Waals surface area contributed by atoms with E-state index in [-0.39, 0.29) is 0 Å². The Morgan fingerprint density at radius 1 is 0.333 bits per heavy atom. The Bertz CT molecular complexity index is 3810. The maximum Gasteiger partial charge on any atom is 0.165 e. The van der Waals surface area contributed by atoms with Gasteiger partial charge in [0.2, 0.25) is 0 Å². The summed E-state index contributed by atoms with van der Waals surface area (Å²) in [6.45, 7) is 0. The summed E-state index contributed by atoms with van der Waals surface area (Å²) in [6.07, 6.45) is 0. The van der Waals surface area contributed by atoms with E-state index in [1.165, 1.54) is 16.3 Å². The fourth-order valence-corrected chi connectivity index (χ4v) is 9.39. The summed E-state index contributed by atoms with van der Waals surface area (Å²) in [5, 5.41) is 11.4. The molecule has 0 unspecified atom stereocenters. The molecule has 0 saturated carbocycles. The molecular weight excluding hydrogens is 697 g/mol.